The van der Waals surface area contributed by atoms with Crippen LogP contribution in [0.25, 0.3) is 0 Å². The third kappa shape index (κ3) is 1.84. The van der Waals surface area contributed by atoms with Crippen molar-refractivity contribution in [1.29, 1.82) is 0 Å². The summed E-state index contributed by atoms with van der Waals surface area (Å²) in [6.45, 7) is 7.87. The third-order valence-corrected chi connectivity index (χ3v) is 3.07. The summed E-state index contributed by atoms with van der Waals surface area (Å²) in [6, 6.07) is 0. The van der Waals surface area contributed by atoms with Crippen molar-refractivity contribution in [2.45, 2.75) is 52.5 Å². The molecular formula is C12H20N2. The van der Waals surface area contributed by atoms with Crippen LogP contribution in [0.3, 0.4) is 0 Å². The molecule has 0 aliphatic heterocycles. The predicted molar refractivity (Wildman–Crippen MR) is 58.4 cm³/mol. The quantitative estimate of drug-likeness (QED) is 0.717. The molecule has 1 aromatic rings. The number of hydrogen-bond donors (Lipinski definition) is 0. The van der Waals surface area contributed by atoms with Gasteiger partial charge in [-0.2, -0.15) is 5.10 Å². The fraction of sp³-hybridized carbons (Fsp3) is 0.750. The average molecular weight is 192 g/mol. The van der Waals surface area contributed by atoms with E-state index in [-0.39, 0.29) is 0 Å². The molecule has 2 nitrogen and oxygen atoms in total. The van der Waals surface area contributed by atoms with E-state index in [0.717, 1.165) is 18.9 Å². The van der Waals surface area contributed by atoms with E-state index in [9.17, 15) is 0 Å². The van der Waals surface area contributed by atoms with Gasteiger partial charge in [-0.05, 0) is 36.7 Å². The molecule has 0 radical (unpaired) electrons. The largest absolute Gasteiger partial charge is 0.269 e. The van der Waals surface area contributed by atoms with Crippen LogP contribution in [0.1, 0.15) is 50.8 Å². The lowest BCUT2D eigenvalue weighted by Gasteiger charge is -2.08. The summed E-state index contributed by atoms with van der Waals surface area (Å²) in [5.74, 6) is 1.53. The molecule has 2 heteroatoms. The van der Waals surface area contributed by atoms with Gasteiger partial charge in [0.15, 0.2) is 0 Å². The summed E-state index contributed by atoms with van der Waals surface area (Å²) in [7, 11) is 0. The monoisotopic (exact) mass is 192 g/mol. The van der Waals surface area contributed by atoms with Crippen LogP contribution in [0.15, 0.2) is 6.20 Å². The van der Waals surface area contributed by atoms with E-state index in [4.69, 9.17) is 0 Å². The summed E-state index contributed by atoms with van der Waals surface area (Å²) < 4.78 is 2.23. The zero-order chi connectivity index (χ0) is 10.1. The second kappa shape index (κ2) is 3.76. The molecule has 0 saturated heterocycles. The van der Waals surface area contributed by atoms with Crippen LogP contribution in [0, 0.1) is 5.92 Å². The first-order valence-corrected chi connectivity index (χ1v) is 5.77. The number of nitrogens with zero attached hydrogens (tertiary/aromatic N) is 2. The highest BCUT2D eigenvalue weighted by Crippen LogP contribution is 2.31. The van der Waals surface area contributed by atoms with E-state index in [1.54, 1.807) is 0 Å². The highest BCUT2D eigenvalue weighted by Gasteiger charge is 2.23. The Labute approximate surface area is 86.3 Å². The van der Waals surface area contributed by atoms with E-state index in [1.165, 1.54) is 24.1 Å². The molecule has 0 aromatic carbocycles. The summed E-state index contributed by atoms with van der Waals surface area (Å²) in [4.78, 5) is 0. The summed E-state index contributed by atoms with van der Waals surface area (Å²) >= 11 is 0. The standard InChI is InChI=1S/C12H20N2/c1-4-12-11(9(2)3)7-13-14(12)8-10-5-6-10/h7,9-10H,4-6,8H2,1-3H3. The topological polar surface area (TPSA) is 17.8 Å². The maximum atomic E-state index is 4.51. The van der Waals surface area contributed by atoms with E-state index in [1.807, 2.05) is 0 Å². The van der Waals surface area contributed by atoms with Gasteiger partial charge in [-0.1, -0.05) is 20.8 Å². The molecule has 1 heterocycles. The average Bonchev–Trinajstić information content (AvgIpc) is 2.83. The highest BCUT2D eigenvalue weighted by atomic mass is 15.3. The first kappa shape index (κ1) is 9.75. The number of aromatic nitrogens is 2. The maximum absolute atomic E-state index is 4.51. The van der Waals surface area contributed by atoms with Crippen LogP contribution in [0.4, 0.5) is 0 Å². The van der Waals surface area contributed by atoms with E-state index >= 15 is 0 Å². The SMILES string of the molecule is CCc1c(C(C)C)cnn1CC1CC1. The van der Waals surface area contributed by atoms with Crippen molar-refractivity contribution in [2.75, 3.05) is 0 Å². The zero-order valence-corrected chi connectivity index (χ0v) is 9.45. The van der Waals surface area contributed by atoms with Crippen molar-refractivity contribution in [3.05, 3.63) is 17.5 Å². The molecular weight excluding hydrogens is 172 g/mol. The Balaban J connectivity index is 2.21. The summed E-state index contributed by atoms with van der Waals surface area (Å²) in [5.41, 5.74) is 2.89. The van der Waals surface area contributed by atoms with Gasteiger partial charge in [0.1, 0.15) is 0 Å². The number of rotatable bonds is 4. The lowest BCUT2D eigenvalue weighted by Crippen LogP contribution is -2.07. The molecule has 0 unspecified atom stereocenters. The molecule has 0 N–H and O–H groups in total. The highest BCUT2D eigenvalue weighted by molar-refractivity contribution is 5.21. The van der Waals surface area contributed by atoms with Gasteiger partial charge in [-0.3, -0.25) is 4.68 Å². The fourth-order valence-electron chi connectivity index (χ4n) is 2.00. The lowest BCUT2D eigenvalue weighted by molar-refractivity contribution is 0.540. The molecule has 2 rings (SSSR count). The van der Waals surface area contributed by atoms with Crippen LogP contribution in [-0.4, -0.2) is 9.78 Å². The first-order chi connectivity index (χ1) is 6.72. The second-order valence-electron chi connectivity index (χ2n) is 4.68. The molecule has 0 spiro atoms. The van der Waals surface area contributed by atoms with Gasteiger partial charge in [0, 0.05) is 12.2 Å². The summed E-state index contributed by atoms with van der Waals surface area (Å²) in [5, 5.41) is 4.51. The van der Waals surface area contributed by atoms with Gasteiger partial charge < -0.3 is 0 Å². The zero-order valence-electron chi connectivity index (χ0n) is 9.45. The molecule has 1 aromatic heterocycles. The van der Waals surface area contributed by atoms with Gasteiger partial charge in [0.05, 0.1) is 6.20 Å². The number of hydrogen-bond acceptors (Lipinski definition) is 1. The molecule has 1 aliphatic rings. The first-order valence-electron chi connectivity index (χ1n) is 5.77. The lowest BCUT2D eigenvalue weighted by atomic mass is 10.0. The molecule has 1 aliphatic carbocycles. The Morgan fingerprint density at radius 3 is 2.71 bits per heavy atom. The van der Waals surface area contributed by atoms with Crippen molar-refractivity contribution < 1.29 is 0 Å². The van der Waals surface area contributed by atoms with E-state index in [2.05, 4.69) is 36.7 Å². The Kier molecular flexibility index (Phi) is 2.62. The van der Waals surface area contributed by atoms with Crippen molar-refractivity contribution in [3.63, 3.8) is 0 Å². The minimum absolute atomic E-state index is 0.609. The molecule has 14 heavy (non-hydrogen) atoms. The molecule has 0 atom stereocenters. The molecule has 78 valence electrons. The Morgan fingerprint density at radius 2 is 2.21 bits per heavy atom. The van der Waals surface area contributed by atoms with E-state index in [0.29, 0.717) is 5.92 Å². The van der Waals surface area contributed by atoms with Crippen molar-refractivity contribution in [3.8, 4) is 0 Å². The van der Waals surface area contributed by atoms with Gasteiger partial charge in [-0.25, -0.2) is 0 Å². The van der Waals surface area contributed by atoms with Crippen molar-refractivity contribution >= 4 is 0 Å². The fourth-order valence-corrected chi connectivity index (χ4v) is 2.00. The molecule has 1 fully saturated rings. The van der Waals surface area contributed by atoms with Crippen molar-refractivity contribution in [1.82, 2.24) is 9.78 Å². The molecule has 0 amide bonds. The predicted octanol–water partition coefficient (Wildman–Crippen LogP) is 2.98. The van der Waals surface area contributed by atoms with Crippen molar-refractivity contribution in [2.24, 2.45) is 5.92 Å². The minimum Gasteiger partial charge on any atom is -0.269 e. The van der Waals surface area contributed by atoms with Crippen LogP contribution in [-0.2, 0) is 13.0 Å². The molecule has 1 saturated carbocycles. The molecule has 0 bridgehead atoms. The van der Waals surface area contributed by atoms with E-state index < -0.39 is 0 Å². The Bertz CT molecular complexity index is 308. The van der Waals surface area contributed by atoms with Crippen LogP contribution in [0.2, 0.25) is 0 Å². The normalized spacial score (nSPS) is 16.6. The second-order valence-corrected chi connectivity index (χ2v) is 4.68. The third-order valence-electron chi connectivity index (χ3n) is 3.07. The Hall–Kier alpha value is -0.790. The minimum atomic E-state index is 0.609. The smallest absolute Gasteiger partial charge is 0.0527 e. The van der Waals surface area contributed by atoms with Crippen LogP contribution < -0.4 is 0 Å². The van der Waals surface area contributed by atoms with Gasteiger partial charge >= 0.3 is 0 Å². The Morgan fingerprint density at radius 1 is 1.50 bits per heavy atom. The van der Waals surface area contributed by atoms with Gasteiger partial charge in [0.2, 0.25) is 0 Å². The summed E-state index contributed by atoms with van der Waals surface area (Å²) in [6.07, 6.45) is 5.98. The maximum Gasteiger partial charge on any atom is 0.0527 e. The van der Waals surface area contributed by atoms with Gasteiger partial charge in [-0.15, -0.1) is 0 Å². The van der Waals surface area contributed by atoms with Crippen LogP contribution in [0.5, 0.6) is 0 Å². The van der Waals surface area contributed by atoms with Crippen LogP contribution >= 0.6 is 0 Å². The van der Waals surface area contributed by atoms with Gasteiger partial charge in [0.25, 0.3) is 0 Å².